The Morgan fingerprint density at radius 3 is 2.29 bits per heavy atom. The number of benzene rings is 2. The van der Waals surface area contributed by atoms with E-state index in [1.807, 2.05) is 0 Å². The predicted octanol–water partition coefficient (Wildman–Crippen LogP) is 3.79. The fourth-order valence-corrected chi connectivity index (χ4v) is 4.06. The summed E-state index contributed by atoms with van der Waals surface area (Å²) in [5.41, 5.74) is 0.765. The van der Waals surface area contributed by atoms with Crippen LogP contribution in [0.1, 0.15) is 5.82 Å². The summed E-state index contributed by atoms with van der Waals surface area (Å²) < 4.78 is 56.3. The predicted molar refractivity (Wildman–Crippen MR) is 111 cm³/mol. The number of nitrogens with one attached hydrogen (secondary N) is 2. The van der Waals surface area contributed by atoms with Crippen LogP contribution in [0, 0.1) is 18.6 Å². The van der Waals surface area contributed by atoms with Crippen LogP contribution in [0.25, 0.3) is 5.82 Å². The summed E-state index contributed by atoms with van der Waals surface area (Å²) in [6, 6.07) is 10.7. The smallest absolute Gasteiger partial charge is 0.267 e. The van der Waals surface area contributed by atoms with Crippen LogP contribution in [0.5, 0.6) is 0 Å². The lowest BCUT2D eigenvalue weighted by Crippen LogP contribution is -2.16. The summed E-state index contributed by atoms with van der Waals surface area (Å²) in [5.74, 6) is -0.635. The average molecular weight is 442 g/mol. The van der Waals surface area contributed by atoms with Gasteiger partial charge in [-0.05, 0) is 43.3 Å². The van der Waals surface area contributed by atoms with Gasteiger partial charge in [-0.15, -0.1) is 0 Å². The highest BCUT2D eigenvalue weighted by molar-refractivity contribution is 7.92. The van der Waals surface area contributed by atoms with E-state index in [1.54, 1.807) is 48.4 Å². The van der Waals surface area contributed by atoms with E-state index < -0.39 is 26.6 Å². The summed E-state index contributed by atoms with van der Waals surface area (Å²) in [4.78, 5) is 11.6. The molecular formula is C20H16F2N6O2S. The molecular weight excluding hydrogens is 426 g/mol. The molecule has 0 atom stereocenters. The van der Waals surface area contributed by atoms with Gasteiger partial charge in [-0.1, -0.05) is 6.07 Å². The highest BCUT2D eigenvalue weighted by Crippen LogP contribution is 2.24. The molecule has 0 aliphatic carbocycles. The van der Waals surface area contributed by atoms with Crippen molar-refractivity contribution in [1.29, 1.82) is 0 Å². The van der Waals surface area contributed by atoms with Crippen molar-refractivity contribution in [2.24, 2.45) is 0 Å². The van der Waals surface area contributed by atoms with Crippen LogP contribution in [-0.2, 0) is 10.0 Å². The molecule has 4 rings (SSSR count). The Morgan fingerprint density at radius 2 is 1.65 bits per heavy atom. The zero-order chi connectivity index (χ0) is 22.0. The number of sulfonamides is 1. The van der Waals surface area contributed by atoms with Gasteiger partial charge < -0.3 is 5.32 Å². The normalized spacial score (nSPS) is 11.3. The van der Waals surface area contributed by atoms with Crippen molar-refractivity contribution in [3.05, 3.63) is 84.7 Å². The second-order valence-electron chi connectivity index (χ2n) is 6.49. The lowest BCUT2D eigenvalue weighted by Gasteiger charge is -2.12. The number of nitrogens with zero attached hydrogens (tertiary/aromatic N) is 4. The number of rotatable bonds is 6. The number of anilines is 3. The van der Waals surface area contributed by atoms with Gasteiger partial charge in [0.2, 0.25) is 0 Å². The molecule has 0 spiro atoms. The van der Waals surface area contributed by atoms with Crippen molar-refractivity contribution < 1.29 is 17.2 Å². The molecule has 0 unspecified atom stereocenters. The number of aromatic nitrogens is 4. The highest BCUT2D eigenvalue weighted by atomic mass is 32.2. The topological polar surface area (TPSA) is 102 Å². The molecule has 2 N–H and O–H groups in total. The molecule has 0 radical (unpaired) electrons. The number of hydrogen-bond acceptors (Lipinski definition) is 6. The van der Waals surface area contributed by atoms with Gasteiger partial charge >= 0.3 is 0 Å². The SMILES string of the molecule is Cc1nc(Nc2ccc(NS(=O)(=O)c3c(F)cccc3F)cc2)cc(-n2ccnc2)n1. The monoisotopic (exact) mass is 442 g/mol. The third-order valence-corrected chi connectivity index (χ3v) is 5.62. The molecule has 0 aliphatic rings. The highest BCUT2D eigenvalue weighted by Gasteiger charge is 2.23. The van der Waals surface area contributed by atoms with E-state index in [0.717, 1.165) is 18.2 Å². The quantitative estimate of drug-likeness (QED) is 0.471. The maximum absolute atomic E-state index is 13.8. The molecule has 2 aromatic heterocycles. The fraction of sp³-hybridized carbons (Fsp3) is 0.0500. The first-order valence-corrected chi connectivity index (χ1v) is 10.5. The molecule has 0 amide bonds. The lowest BCUT2D eigenvalue weighted by molar-refractivity contribution is 0.521. The Balaban J connectivity index is 1.53. The molecule has 0 fully saturated rings. The Hall–Kier alpha value is -3.86. The number of halogens is 2. The third kappa shape index (κ3) is 4.51. The second kappa shape index (κ2) is 8.11. The summed E-state index contributed by atoms with van der Waals surface area (Å²) in [6.45, 7) is 1.76. The Bertz CT molecular complexity index is 1310. The second-order valence-corrected chi connectivity index (χ2v) is 8.11. The van der Waals surface area contributed by atoms with E-state index in [4.69, 9.17) is 0 Å². The molecule has 2 aromatic carbocycles. The molecule has 0 bridgehead atoms. The van der Waals surface area contributed by atoms with Crippen LogP contribution < -0.4 is 10.0 Å². The van der Waals surface area contributed by atoms with Crippen LogP contribution in [0.15, 0.2) is 72.1 Å². The zero-order valence-electron chi connectivity index (χ0n) is 16.1. The van der Waals surface area contributed by atoms with Gasteiger partial charge in [0.05, 0.1) is 0 Å². The van der Waals surface area contributed by atoms with E-state index in [1.165, 1.54) is 12.1 Å². The zero-order valence-corrected chi connectivity index (χ0v) is 16.9. The Morgan fingerprint density at radius 1 is 0.968 bits per heavy atom. The summed E-state index contributed by atoms with van der Waals surface area (Å²) in [7, 11) is -4.43. The van der Waals surface area contributed by atoms with Crippen LogP contribution in [0.4, 0.5) is 26.0 Å². The molecule has 4 aromatic rings. The average Bonchev–Trinajstić information content (AvgIpc) is 3.23. The standard InChI is InChI=1S/C20H16F2N6O2S/c1-13-24-18(11-19(25-13)28-10-9-23-12-28)26-14-5-7-15(8-6-14)27-31(29,30)20-16(21)3-2-4-17(20)22/h2-12,27H,1H3,(H,24,25,26). The maximum Gasteiger partial charge on any atom is 0.267 e. The van der Waals surface area contributed by atoms with Crippen molar-refractivity contribution in [2.45, 2.75) is 11.8 Å². The van der Waals surface area contributed by atoms with Crippen molar-refractivity contribution in [1.82, 2.24) is 19.5 Å². The minimum Gasteiger partial charge on any atom is -0.340 e. The minimum atomic E-state index is -4.43. The molecule has 0 saturated heterocycles. The van der Waals surface area contributed by atoms with Crippen molar-refractivity contribution in [2.75, 3.05) is 10.0 Å². The van der Waals surface area contributed by atoms with Gasteiger partial charge in [-0.3, -0.25) is 9.29 Å². The fourth-order valence-electron chi connectivity index (χ4n) is 2.86. The van der Waals surface area contributed by atoms with E-state index in [-0.39, 0.29) is 5.69 Å². The Kier molecular flexibility index (Phi) is 5.34. The number of imidazole rings is 1. The molecule has 8 nitrogen and oxygen atoms in total. The minimum absolute atomic E-state index is 0.145. The van der Waals surface area contributed by atoms with Gasteiger partial charge in [-0.2, -0.15) is 0 Å². The molecule has 2 heterocycles. The number of aryl methyl sites for hydroxylation is 1. The summed E-state index contributed by atoms with van der Waals surface area (Å²) in [5, 5.41) is 3.10. The van der Waals surface area contributed by atoms with E-state index >= 15 is 0 Å². The summed E-state index contributed by atoms with van der Waals surface area (Å²) in [6.07, 6.45) is 5.01. The lowest BCUT2D eigenvalue weighted by atomic mass is 10.3. The van der Waals surface area contributed by atoms with Gasteiger partial charge in [0.15, 0.2) is 4.90 Å². The van der Waals surface area contributed by atoms with Crippen LogP contribution >= 0.6 is 0 Å². The van der Waals surface area contributed by atoms with Crippen LogP contribution in [0.2, 0.25) is 0 Å². The van der Waals surface area contributed by atoms with Crippen molar-refractivity contribution in [3.63, 3.8) is 0 Å². The first-order valence-electron chi connectivity index (χ1n) is 9.00. The number of hydrogen-bond donors (Lipinski definition) is 2. The van der Waals surface area contributed by atoms with E-state index in [2.05, 4.69) is 25.0 Å². The third-order valence-electron chi connectivity index (χ3n) is 4.19. The van der Waals surface area contributed by atoms with Gasteiger partial charge in [0.1, 0.15) is 35.4 Å². The maximum atomic E-state index is 13.8. The van der Waals surface area contributed by atoms with Crippen LogP contribution in [-0.4, -0.2) is 27.9 Å². The van der Waals surface area contributed by atoms with Gasteiger partial charge in [-0.25, -0.2) is 32.2 Å². The Labute approximate surface area is 176 Å². The van der Waals surface area contributed by atoms with Gasteiger partial charge in [0, 0.05) is 29.8 Å². The van der Waals surface area contributed by atoms with Crippen molar-refractivity contribution in [3.8, 4) is 5.82 Å². The van der Waals surface area contributed by atoms with Crippen LogP contribution in [0.3, 0.4) is 0 Å². The first kappa shape index (κ1) is 20.4. The molecule has 0 aliphatic heterocycles. The van der Waals surface area contributed by atoms with E-state index in [0.29, 0.717) is 23.1 Å². The summed E-state index contributed by atoms with van der Waals surface area (Å²) >= 11 is 0. The molecule has 0 saturated carbocycles. The largest absolute Gasteiger partial charge is 0.340 e. The van der Waals surface area contributed by atoms with Crippen molar-refractivity contribution >= 4 is 27.2 Å². The first-order chi connectivity index (χ1) is 14.8. The molecule has 11 heteroatoms. The molecule has 158 valence electrons. The van der Waals surface area contributed by atoms with Gasteiger partial charge in [0.25, 0.3) is 10.0 Å². The molecule has 31 heavy (non-hydrogen) atoms. The van der Waals surface area contributed by atoms with E-state index in [9.17, 15) is 17.2 Å².